The van der Waals surface area contributed by atoms with E-state index in [0.717, 1.165) is 0 Å². The van der Waals surface area contributed by atoms with E-state index in [2.05, 4.69) is 6.58 Å². The Bertz CT molecular complexity index is 1360. The van der Waals surface area contributed by atoms with Crippen molar-refractivity contribution in [1.29, 1.82) is 0 Å². The van der Waals surface area contributed by atoms with E-state index in [1.165, 1.54) is 36.0 Å². The molecule has 0 saturated heterocycles. The first-order chi connectivity index (χ1) is 17.2. The number of nitrogens with two attached hydrogens (primary N) is 1. The Morgan fingerprint density at radius 3 is 2.27 bits per heavy atom. The zero-order valence-corrected chi connectivity index (χ0v) is 20.9. The largest absolute Gasteiger partial charge is 0.508 e. The summed E-state index contributed by atoms with van der Waals surface area (Å²) in [6.45, 7) is 3.78. The summed E-state index contributed by atoms with van der Waals surface area (Å²) < 4.78 is 0. The minimum absolute atomic E-state index is 0.0186. The van der Waals surface area contributed by atoms with Crippen molar-refractivity contribution in [3.8, 4) is 5.75 Å². The van der Waals surface area contributed by atoms with Crippen LogP contribution in [0.5, 0.6) is 5.75 Å². The highest BCUT2D eigenvalue weighted by Crippen LogP contribution is 2.53. The van der Waals surface area contributed by atoms with Gasteiger partial charge in [-0.25, -0.2) is 0 Å². The predicted molar refractivity (Wildman–Crippen MR) is 131 cm³/mol. The fourth-order valence-electron chi connectivity index (χ4n) is 5.82. The second-order valence-electron chi connectivity index (χ2n) is 10.1. The van der Waals surface area contributed by atoms with E-state index in [4.69, 9.17) is 5.73 Å². The lowest BCUT2D eigenvalue weighted by Crippen LogP contribution is -2.65. The number of Topliss-reactive ketones (excluding diaryl/α,β-unsaturated/α-hetero) is 3. The zero-order chi connectivity index (χ0) is 27.7. The maximum Gasteiger partial charge on any atom is 0.255 e. The number of fused-ring (bicyclic) bond motifs is 3. The van der Waals surface area contributed by atoms with Gasteiger partial charge in [-0.3, -0.25) is 24.1 Å². The Balaban J connectivity index is 1.96. The monoisotopic (exact) mass is 511 g/mol. The normalized spacial score (nSPS) is 27.0. The average molecular weight is 512 g/mol. The molecule has 0 heterocycles. The minimum Gasteiger partial charge on any atom is -0.508 e. The molecule has 4 unspecified atom stereocenters. The Hall–Kier alpha value is -3.96. The SMILES string of the molecule is C=C(C(=O)c1ccc(O)c2c1CC1CC3C(N(C)C)C(=O)C(C(N)=O)=C(O)C3(O)C(=O)C1=C2O)N(C)C. The lowest BCUT2D eigenvalue weighted by atomic mass is 9.57. The standard InChI is InChI=1S/C26H29N3O8/c1-10(28(2)3)20(31)12-6-7-15(30)17-13(12)8-11-9-14-19(29(4)5)22(33)18(25(27)36)24(35)26(14,37)23(34)16(11)21(17)32/h6-7,11,14,19,30,32,35,37H,1,8-9H2,2-5H3,(H2,27,36). The summed E-state index contributed by atoms with van der Waals surface area (Å²) in [5, 5.41) is 44.3. The van der Waals surface area contributed by atoms with Crippen LogP contribution < -0.4 is 5.73 Å². The molecule has 4 atom stereocenters. The van der Waals surface area contributed by atoms with Crippen LogP contribution in [0.15, 0.2) is 41.3 Å². The van der Waals surface area contributed by atoms with E-state index >= 15 is 0 Å². The second kappa shape index (κ2) is 8.56. The number of amides is 1. The molecule has 0 bridgehead atoms. The Morgan fingerprint density at radius 2 is 1.73 bits per heavy atom. The topological polar surface area (TPSA) is 182 Å². The fourth-order valence-corrected chi connectivity index (χ4v) is 5.82. The lowest BCUT2D eigenvalue weighted by Gasteiger charge is -2.50. The van der Waals surface area contributed by atoms with Crippen molar-refractivity contribution in [3.63, 3.8) is 0 Å². The Kier molecular flexibility index (Phi) is 6.04. The van der Waals surface area contributed by atoms with Crippen LogP contribution in [-0.4, -0.2) is 93.3 Å². The number of aliphatic hydroxyl groups is 3. The quantitative estimate of drug-likeness (QED) is 0.208. The first-order valence-corrected chi connectivity index (χ1v) is 11.6. The van der Waals surface area contributed by atoms with E-state index in [1.807, 2.05) is 0 Å². The number of carbonyl (C=O) groups excluding carboxylic acids is 4. The molecule has 3 aliphatic carbocycles. The van der Waals surface area contributed by atoms with Crippen LogP contribution in [0.4, 0.5) is 0 Å². The van der Waals surface area contributed by atoms with Crippen LogP contribution in [0.2, 0.25) is 0 Å². The summed E-state index contributed by atoms with van der Waals surface area (Å²) in [6.07, 6.45) is -0.0472. The molecule has 1 amide bonds. The number of aliphatic hydroxyl groups excluding tert-OH is 2. The molecular formula is C26H29N3O8. The smallest absolute Gasteiger partial charge is 0.255 e. The van der Waals surface area contributed by atoms with Crippen molar-refractivity contribution >= 4 is 29.0 Å². The van der Waals surface area contributed by atoms with E-state index in [0.29, 0.717) is 5.56 Å². The van der Waals surface area contributed by atoms with Crippen LogP contribution in [0.25, 0.3) is 5.76 Å². The molecule has 0 radical (unpaired) electrons. The molecule has 0 aromatic heterocycles. The maximum absolute atomic E-state index is 13.8. The molecule has 0 aliphatic heterocycles. The number of carbonyl (C=O) groups is 4. The third-order valence-corrected chi connectivity index (χ3v) is 7.65. The molecule has 1 saturated carbocycles. The van der Waals surface area contributed by atoms with E-state index in [1.54, 1.807) is 14.1 Å². The molecule has 1 aromatic rings. The van der Waals surface area contributed by atoms with Crippen molar-refractivity contribution < 1.29 is 39.6 Å². The van der Waals surface area contributed by atoms with Gasteiger partial charge in [-0.2, -0.15) is 0 Å². The van der Waals surface area contributed by atoms with Crippen LogP contribution in [0.1, 0.15) is 27.9 Å². The van der Waals surface area contributed by atoms with Crippen molar-refractivity contribution in [2.24, 2.45) is 17.6 Å². The maximum atomic E-state index is 13.8. The number of likely N-dealkylation sites (N-methyl/N-ethyl adjacent to an activating group) is 2. The highest BCUT2D eigenvalue weighted by Gasteiger charge is 2.64. The molecule has 11 heteroatoms. The number of phenols is 1. The Morgan fingerprint density at radius 1 is 1.11 bits per heavy atom. The van der Waals surface area contributed by atoms with E-state index in [-0.39, 0.29) is 35.2 Å². The van der Waals surface area contributed by atoms with Gasteiger partial charge in [0.05, 0.1) is 17.3 Å². The van der Waals surface area contributed by atoms with Gasteiger partial charge in [0, 0.05) is 31.1 Å². The number of phenolic OH excluding ortho intramolecular Hbond substituents is 1. The number of benzene rings is 1. The van der Waals surface area contributed by atoms with Crippen LogP contribution in [-0.2, 0) is 20.8 Å². The van der Waals surface area contributed by atoms with Crippen molar-refractivity contribution in [2.75, 3.05) is 28.2 Å². The number of aromatic hydroxyl groups is 1. The van der Waals surface area contributed by atoms with Gasteiger partial charge in [-0.1, -0.05) is 6.58 Å². The molecule has 1 fully saturated rings. The molecule has 4 rings (SSSR count). The van der Waals surface area contributed by atoms with E-state index < -0.39 is 69.6 Å². The molecule has 11 nitrogen and oxygen atoms in total. The fraction of sp³-hybridized carbons (Fsp3) is 0.385. The molecule has 3 aliphatic rings. The molecular weight excluding hydrogens is 482 g/mol. The molecule has 1 aromatic carbocycles. The summed E-state index contributed by atoms with van der Waals surface area (Å²) in [6, 6.07) is 1.43. The number of ketones is 3. The lowest BCUT2D eigenvalue weighted by molar-refractivity contribution is -0.153. The molecule has 6 N–H and O–H groups in total. The van der Waals surface area contributed by atoms with Crippen molar-refractivity contribution in [3.05, 3.63) is 58.0 Å². The van der Waals surface area contributed by atoms with Gasteiger partial charge < -0.3 is 31.1 Å². The predicted octanol–water partition coefficient (Wildman–Crippen LogP) is 0.222. The number of nitrogens with zero attached hydrogens (tertiary/aromatic N) is 2. The van der Waals surface area contributed by atoms with Gasteiger partial charge in [-0.15, -0.1) is 0 Å². The zero-order valence-electron chi connectivity index (χ0n) is 20.9. The number of hydrogen-bond donors (Lipinski definition) is 5. The van der Waals surface area contributed by atoms with E-state index in [9.17, 15) is 39.6 Å². The van der Waals surface area contributed by atoms with Gasteiger partial charge in [0.2, 0.25) is 11.6 Å². The third kappa shape index (κ3) is 3.49. The van der Waals surface area contributed by atoms with Gasteiger partial charge in [0.15, 0.2) is 11.4 Å². The molecule has 37 heavy (non-hydrogen) atoms. The highest BCUT2D eigenvalue weighted by molar-refractivity contribution is 6.24. The van der Waals surface area contributed by atoms with Crippen molar-refractivity contribution in [1.82, 2.24) is 9.80 Å². The average Bonchev–Trinajstić information content (AvgIpc) is 2.80. The molecule has 0 spiro atoms. The third-order valence-electron chi connectivity index (χ3n) is 7.65. The Labute approximate surface area is 212 Å². The highest BCUT2D eigenvalue weighted by atomic mass is 16.3. The number of rotatable bonds is 5. The summed E-state index contributed by atoms with van der Waals surface area (Å²) >= 11 is 0. The van der Waals surface area contributed by atoms with Gasteiger partial charge in [0.1, 0.15) is 22.8 Å². The van der Waals surface area contributed by atoms with Gasteiger partial charge >= 0.3 is 0 Å². The summed E-state index contributed by atoms with van der Waals surface area (Å²) in [5.41, 5.74) is 1.93. The summed E-state index contributed by atoms with van der Waals surface area (Å²) in [5.74, 6) is -7.86. The van der Waals surface area contributed by atoms with Crippen LogP contribution >= 0.6 is 0 Å². The second-order valence-corrected chi connectivity index (χ2v) is 10.1. The number of primary amides is 1. The van der Waals surface area contributed by atoms with Crippen LogP contribution in [0.3, 0.4) is 0 Å². The minimum atomic E-state index is -2.72. The van der Waals surface area contributed by atoms with Gasteiger partial charge in [0.25, 0.3) is 5.91 Å². The van der Waals surface area contributed by atoms with Crippen molar-refractivity contribution in [2.45, 2.75) is 24.5 Å². The number of hydrogen-bond acceptors (Lipinski definition) is 10. The summed E-state index contributed by atoms with van der Waals surface area (Å²) in [4.78, 5) is 55.1. The summed E-state index contributed by atoms with van der Waals surface area (Å²) in [7, 11) is 6.33. The first kappa shape index (κ1) is 26.1. The first-order valence-electron chi connectivity index (χ1n) is 11.6. The van der Waals surface area contributed by atoms with Crippen LogP contribution in [0, 0.1) is 11.8 Å². The molecule has 196 valence electrons. The number of allylic oxidation sites excluding steroid dienone is 1. The van der Waals surface area contributed by atoms with Gasteiger partial charge in [-0.05, 0) is 50.6 Å².